The molecule has 29 heavy (non-hydrogen) atoms. The number of hydrogen-bond acceptors (Lipinski definition) is 4. The minimum absolute atomic E-state index is 0.0304. The zero-order valence-corrected chi connectivity index (χ0v) is 17.2. The number of amides is 1. The first-order valence-corrected chi connectivity index (χ1v) is 10.4. The zero-order chi connectivity index (χ0) is 20.3. The maximum atomic E-state index is 12.3. The van der Waals surface area contributed by atoms with Gasteiger partial charge in [-0.15, -0.1) is 10.2 Å². The van der Waals surface area contributed by atoms with Gasteiger partial charge in [0.25, 0.3) is 0 Å². The number of aromatic nitrogens is 2. The number of nitrogens with zero attached hydrogens (tertiary/aromatic N) is 2. The number of halogens is 1. The van der Waals surface area contributed by atoms with Crippen molar-refractivity contribution in [2.75, 3.05) is 0 Å². The lowest BCUT2D eigenvalue weighted by Gasteiger charge is -2.39. The molecule has 3 aromatic rings. The molecule has 0 aliphatic heterocycles. The molecular weight excluding hydrogens is 386 g/mol. The third-order valence-electron chi connectivity index (χ3n) is 5.72. The fraction of sp³-hybridized carbons (Fsp3) is 0.348. The van der Waals surface area contributed by atoms with E-state index in [2.05, 4.69) is 15.5 Å². The van der Waals surface area contributed by atoms with Crippen LogP contribution in [0.3, 0.4) is 0 Å². The quantitative estimate of drug-likeness (QED) is 0.596. The van der Waals surface area contributed by atoms with Gasteiger partial charge in [0.2, 0.25) is 17.7 Å². The van der Waals surface area contributed by atoms with Crippen molar-refractivity contribution >= 4 is 17.5 Å². The Balaban J connectivity index is 1.38. The molecule has 1 saturated carbocycles. The van der Waals surface area contributed by atoms with Crippen LogP contribution >= 0.6 is 11.6 Å². The number of aryl methyl sites for hydroxylation is 1. The second-order valence-electron chi connectivity index (χ2n) is 7.64. The van der Waals surface area contributed by atoms with Gasteiger partial charge in [0, 0.05) is 17.9 Å². The highest BCUT2D eigenvalue weighted by atomic mass is 35.5. The van der Waals surface area contributed by atoms with E-state index in [1.807, 2.05) is 61.5 Å². The third-order valence-corrected chi connectivity index (χ3v) is 5.98. The van der Waals surface area contributed by atoms with Crippen molar-refractivity contribution in [1.82, 2.24) is 15.5 Å². The summed E-state index contributed by atoms with van der Waals surface area (Å²) in [7, 11) is 0. The highest BCUT2D eigenvalue weighted by Gasteiger charge is 2.45. The van der Waals surface area contributed by atoms with E-state index in [9.17, 15) is 4.79 Å². The van der Waals surface area contributed by atoms with Gasteiger partial charge in [-0.3, -0.25) is 4.79 Å². The average molecular weight is 410 g/mol. The van der Waals surface area contributed by atoms with E-state index in [4.69, 9.17) is 16.0 Å². The Kier molecular flexibility index (Phi) is 5.67. The van der Waals surface area contributed by atoms with Crippen LogP contribution in [0.15, 0.2) is 59.0 Å². The van der Waals surface area contributed by atoms with Crippen LogP contribution in [0.1, 0.15) is 61.6 Å². The number of hydrogen-bond donors (Lipinski definition) is 1. The SMILES string of the molecule is C[C@@H](NC(=O)CCc1nnc(C2(c3ccc(Cl)cc3)CCC2)o1)c1ccccc1. The van der Waals surface area contributed by atoms with E-state index < -0.39 is 0 Å². The Morgan fingerprint density at radius 2 is 1.86 bits per heavy atom. The summed E-state index contributed by atoms with van der Waals surface area (Å²) in [6, 6.07) is 17.7. The summed E-state index contributed by atoms with van der Waals surface area (Å²) >= 11 is 6.03. The van der Waals surface area contributed by atoms with Gasteiger partial charge in [-0.2, -0.15) is 0 Å². The second kappa shape index (κ2) is 8.37. The predicted molar refractivity (Wildman–Crippen MR) is 112 cm³/mol. The van der Waals surface area contributed by atoms with Gasteiger partial charge in [0.1, 0.15) is 0 Å². The lowest BCUT2D eigenvalue weighted by molar-refractivity contribution is -0.121. The van der Waals surface area contributed by atoms with Gasteiger partial charge in [-0.05, 0) is 43.0 Å². The molecule has 1 fully saturated rings. The van der Waals surface area contributed by atoms with Crippen LogP contribution < -0.4 is 5.32 Å². The molecule has 1 aliphatic carbocycles. The molecule has 2 aromatic carbocycles. The van der Waals surface area contributed by atoms with Crippen molar-refractivity contribution in [1.29, 1.82) is 0 Å². The first kappa shape index (κ1) is 19.6. The zero-order valence-electron chi connectivity index (χ0n) is 16.4. The molecule has 1 aromatic heterocycles. The summed E-state index contributed by atoms with van der Waals surface area (Å²) in [6.07, 6.45) is 3.82. The van der Waals surface area contributed by atoms with Gasteiger partial charge in [0.05, 0.1) is 11.5 Å². The Morgan fingerprint density at radius 3 is 2.52 bits per heavy atom. The van der Waals surface area contributed by atoms with Crippen LogP contribution in [-0.2, 0) is 16.6 Å². The van der Waals surface area contributed by atoms with Crippen LogP contribution in [0.25, 0.3) is 0 Å². The highest BCUT2D eigenvalue weighted by Crippen LogP contribution is 2.48. The normalized spacial score (nSPS) is 16.1. The number of carbonyl (C=O) groups is 1. The van der Waals surface area contributed by atoms with E-state index in [1.54, 1.807) is 0 Å². The van der Waals surface area contributed by atoms with Crippen molar-refractivity contribution in [2.24, 2.45) is 0 Å². The van der Waals surface area contributed by atoms with Gasteiger partial charge < -0.3 is 9.73 Å². The average Bonchev–Trinajstić information content (AvgIpc) is 3.17. The topological polar surface area (TPSA) is 68.0 Å². The van der Waals surface area contributed by atoms with E-state index in [0.717, 1.165) is 30.4 Å². The molecule has 1 heterocycles. The molecule has 1 N–H and O–H groups in total. The van der Waals surface area contributed by atoms with Crippen molar-refractivity contribution in [3.05, 3.63) is 82.5 Å². The summed E-state index contributed by atoms with van der Waals surface area (Å²) in [5.74, 6) is 1.11. The molecule has 0 unspecified atom stereocenters. The molecular formula is C23H24ClN3O2. The number of rotatable bonds is 7. The van der Waals surface area contributed by atoms with Gasteiger partial charge >= 0.3 is 0 Å². The second-order valence-corrected chi connectivity index (χ2v) is 8.08. The van der Waals surface area contributed by atoms with Crippen LogP contribution in [0.2, 0.25) is 5.02 Å². The largest absolute Gasteiger partial charge is 0.424 e. The van der Waals surface area contributed by atoms with E-state index in [0.29, 0.717) is 29.6 Å². The minimum atomic E-state index is -0.222. The van der Waals surface area contributed by atoms with Gasteiger partial charge in [-0.1, -0.05) is 60.5 Å². The fourth-order valence-corrected chi connectivity index (χ4v) is 3.96. The lowest BCUT2D eigenvalue weighted by atomic mass is 9.64. The molecule has 1 aliphatic rings. The molecule has 1 amide bonds. The van der Waals surface area contributed by atoms with Crippen molar-refractivity contribution in [2.45, 2.75) is 50.5 Å². The number of benzene rings is 2. The third kappa shape index (κ3) is 4.20. The minimum Gasteiger partial charge on any atom is -0.424 e. The molecule has 0 bridgehead atoms. The predicted octanol–water partition coefficient (Wildman–Crippen LogP) is 5.00. The molecule has 6 heteroatoms. The Hall–Kier alpha value is -2.66. The summed E-state index contributed by atoms with van der Waals surface area (Å²) in [6.45, 7) is 1.98. The van der Waals surface area contributed by atoms with Crippen molar-refractivity contribution in [3.8, 4) is 0 Å². The molecule has 5 nitrogen and oxygen atoms in total. The van der Waals surface area contributed by atoms with Crippen molar-refractivity contribution in [3.63, 3.8) is 0 Å². The number of carbonyl (C=O) groups excluding carboxylic acids is 1. The van der Waals surface area contributed by atoms with E-state index in [-0.39, 0.29) is 17.4 Å². The Morgan fingerprint density at radius 1 is 1.14 bits per heavy atom. The van der Waals surface area contributed by atoms with Crippen LogP contribution in [0.5, 0.6) is 0 Å². The monoisotopic (exact) mass is 409 g/mol. The Bertz CT molecular complexity index is 965. The molecule has 0 saturated heterocycles. The standard InChI is InChI=1S/C23H24ClN3O2/c1-16(17-6-3-2-4-7-17)25-20(28)12-13-21-26-27-22(29-21)23(14-5-15-23)18-8-10-19(24)11-9-18/h2-4,6-11,16H,5,12-15H2,1H3,(H,25,28)/t16-/m1/s1. The van der Waals surface area contributed by atoms with Crippen LogP contribution in [0.4, 0.5) is 0 Å². The Labute approximate surface area is 175 Å². The van der Waals surface area contributed by atoms with Crippen LogP contribution in [-0.4, -0.2) is 16.1 Å². The number of nitrogens with one attached hydrogen (secondary N) is 1. The van der Waals surface area contributed by atoms with Gasteiger partial charge in [-0.25, -0.2) is 0 Å². The van der Waals surface area contributed by atoms with Crippen LogP contribution in [0, 0.1) is 0 Å². The summed E-state index contributed by atoms with van der Waals surface area (Å²) in [5, 5.41) is 12.2. The first-order valence-electron chi connectivity index (χ1n) is 10.00. The molecule has 4 rings (SSSR count). The first-order chi connectivity index (χ1) is 14.1. The highest BCUT2D eigenvalue weighted by molar-refractivity contribution is 6.30. The fourth-order valence-electron chi connectivity index (χ4n) is 3.83. The summed E-state index contributed by atoms with van der Waals surface area (Å²) in [5.41, 5.74) is 2.01. The molecule has 1 atom stereocenters. The van der Waals surface area contributed by atoms with Gasteiger partial charge in [0.15, 0.2) is 0 Å². The lowest BCUT2D eigenvalue weighted by Crippen LogP contribution is -2.35. The van der Waals surface area contributed by atoms with E-state index in [1.165, 1.54) is 0 Å². The molecule has 0 radical (unpaired) electrons. The summed E-state index contributed by atoms with van der Waals surface area (Å²) < 4.78 is 5.98. The maximum Gasteiger partial charge on any atom is 0.227 e. The molecule has 150 valence electrons. The smallest absolute Gasteiger partial charge is 0.227 e. The summed E-state index contributed by atoms with van der Waals surface area (Å²) in [4.78, 5) is 12.3. The van der Waals surface area contributed by atoms with E-state index >= 15 is 0 Å². The maximum absolute atomic E-state index is 12.3. The van der Waals surface area contributed by atoms with Crippen molar-refractivity contribution < 1.29 is 9.21 Å². The molecule has 0 spiro atoms.